The molecular formula is C20H30N4O2. The number of aryl methyl sites for hydroxylation is 1. The van der Waals surface area contributed by atoms with Gasteiger partial charge in [0.05, 0.1) is 13.2 Å². The first-order valence-corrected chi connectivity index (χ1v) is 9.43. The van der Waals surface area contributed by atoms with Crippen LogP contribution in [0.15, 0.2) is 11.6 Å². The average molecular weight is 358 g/mol. The van der Waals surface area contributed by atoms with E-state index in [1.54, 1.807) is 6.08 Å². The van der Waals surface area contributed by atoms with Gasteiger partial charge in [-0.05, 0) is 50.9 Å². The fourth-order valence-corrected chi connectivity index (χ4v) is 3.27. The number of hydrogen-bond donors (Lipinski definition) is 1. The molecule has 0 atom stereocenters. The molecule has 0 aliphatic carbocycles. The van der Waals surface area contributed by atoms with Crippen molar-refractivity contribution in [1.29, 1.82) is 5.26 Å². The van der Waals surface area contributed by atoms with Gasteiger partial charge in [0.2, 0.25) is 0 Å². The van der Waals surface area contributed by atoms with Crippen LogP contribution in [0.2, 0.25) is 0 Å². The normalized spacial score (nSPS) is 15.7. The molecule has 0 aromatic carbocycles. The molecule has 1 N–H and O–H groups in total. The van der Waals surface area contributed by atoms with Crippen LogP contribution in [0, 0.1) is 25.2 Å². The molecule has 1 fully saturated rings. The van der Waals surface area contributed by atoms with E-state index in [2.05, 4.69) is 28.6 Å². The van der Waals surface area contributed by atoms with Crippen molar-refractivity contribution in [3.8, 4) is 6.07 Å². The van der Waals surface area contributed by atoms with Crippen molar-refractivity contribution in [2.45, 2.75) is 40.2 Å². The summed E-state index contributed by atoms with van der Waals surface area (Å²) in [7, 11) is 0. The molecule has 6 nitrogen and oxygen atoms in total. The summed E-state index contributed by atoms with van der Waals surface area (Å²) in [5.41, 5.74) is 3.35. The van der Waals surface area contributed by atoms with E-state index in [9.17, 15) is 10.1 Å². The molecule has 1 aromatic heterocycles. The lowest BCUT2D eigenvalue weighted by atomic mass is 10.1. The number of amides is 1. The predicted molar refractivity (Wildman–Crippen MR) is 103 cm³/mol. The van der Waals surface area contributed by atoms with Crippen molar-refractivity contribution in [2.75, 3.05) is 39.4 Å². The first-order valence-electron chi connectivity index (χ1n) is 9.43. The Labute approximate surface area is 156 Å². The molecule has 6 heteroatoms. The van der Waals surface area contributed by atoms with E-state index in [0.717, 1.165) is 69.2 Å². The molecule has 2 rings (SSSR count). The lowest BCUT2D eigenvalue weighted by molar-refractivity contribution is -0.117. The molecule has 1 saturated heterocycles. The zero-order valence-electron chi connectivity index (χ0n) is 16.2. The van der Waals surface area contributed by atoms with E-state index in [-0.39, 0.29) is 11.5 Å². The Balaban J connectivity index is 1.90. The summed E-state index contributed by atoms with van der Waals surface area (Å²) in [6, 6.07) is 4.08. The molecule has 0 spiro atoms. The molecule has 1 aliphatic heterocycles. The van der Waals surface area contributed by atoms with Gasteiger partial charge in [0, 0.05) is 37.6 Å². The number of carbonyl (C=O) groups excluding carboxylic acids is 1. The number of ether oxygens (including phenoxy) is 1. The van der Waals surface area contributed by atoms with E-state index in [4.69, 9.17) is 4.74 Å². The van der Waals surface area contributed by atoms with Crippen LogP contribution in [0.4, 0.5) is 0 Å². The number of aromatic nitrogens is 1. The number of nitrogens with zero attached hydrogens (tertiary/aromatic N) is 3. The maximum atomic E-state index is 12.3. The van der Waals surface area contributed by atoms with Gasteiger partial charge in [-0.25, -0.2) is 0 Å². The maximum absolute atomic E-state index is 12.3. The zero-order valence-corrected chi connectivity index (χ0v) is 16.2. The summed E-state index contributed by atoms with van der Waals surface area (Å²) in [4.78, 5) is 14.6. The number of hydrogen-bond acceptors (Lipinski definition) is 4. The van der Waals surface area contributed by atoms with Gasteiger partial charge < -0.3 is 14.6 Å². The van der Waals surface area contributed by atoms with E-state index >= 15 is 0 Å². The average Bonchev–Trinajstić information content (AvgIpc) is 2.91. The van der Waals surface area contributed by atoms with Crippen molar-refractivity contribution >= 4 is 12.0 Å². The van der Waals surface area contributed by atoms with Crippen LogP contribution in [-0.2, 0) is 16.1 Å². The van der Waals surface area contributed by atoms with Gasteiger partial charge in [0.15, 0.2) is 0 Å². The highest BCUT2D eigenvalue weighted by atomic mass is 16.5. The molecule has 0 radical (unpaired) electrons. The fraction of sp³-hybridized carbons (Fsp3) is 0.600. The highest BCUT2D eigenvalue weighted by molar-refractivity contribution is 6.01. The third-order valence-electron chi connectivity index (χ3n) is 4.77. The Hall–Kier alpha value is -2.10. The summed E-state index contributed by atoms with van der Waals surface area (Å²) < 4.78 is 7.55. The molecule has 1 amide bonds. The van der Waals surface area contributed by atoms with Crippen molar-refractivity contribution in [3.05, 3.63) is 28.6 Å². The molecule has 0 bridgehead atoms. The van der Waals surface area contributed by atoms with Gasteiger partial charge in [0.25, 0.3) is 5.91 Å². The summed E-state index contributed by atoms with van der Waals surface area (Å²) in [5, 5.41) is 12.2. The molecule has 0 saturated carbocycles. The minimum Gasteiger partial charge on any atom is -0.379 e. The van der Waals surface area contributed by atoms with Crippen LogP contribution < -0.4 is 5.32 Å². The monoisotopic (exact) mass is 358 g/mol. The number of nitriles is 1. The molecule has 0 unspecified atom stereocenters. The van der Waals surface area contributed by atoms with Crippen LogP contribution in [-0.4, -0.2) is 54.8 Å². The third-order valence-corrected chi connectivity index (χ3v) is 4.77. The van der Waals surface area contributed by atoms with Crippen molar-refractivity contribution in [1.82, 2.24) is 14.8 Å². The third kappa shape index (κ3) is 5.45. The molecule has 2 heterocycles. The topological polar surface area (TPSA) is 70.3 Å². The van der Waals surface area contributed by atoms with Gasteiger partial charge in [-0.2, -0.15) is 5.26 Å². The van der Waals surface area contributed by atoms with Gasteiger partial charge in [-0.15, -0.1) is 0 Å². The molecule has 26 heavy (non-hydrogen) atoms. The molecular weight excluding hydrogens is 328 g/mol. The molecule has 1 aliphatic rings. The Bertz CT molecular complexity index is 679. The maximum Gasteiger partial charge on any atom is 0.261 e. The Morgan fingerprint density at radius 1 is 1.35 bits per heavy atom. The van der Waals surface area contributed by atoms with E-state index in [0.29, 0.717) is 6.54 Å². The van der Waals surface area contributed by atoms with E-state index in [1.807, 2.05) is 19.1 Å². The Morgan fingerprint density at radius 2 is 2.08 bits per heavy atom. The standard InChI is InChI=1S/C20H30N4O2/c1-4-7-24-16(2)13-18(17(24)3)14-19(15-21)20(25)22-6-5-8-23-9-11-26-12-10-23/h13-14H,4-12H2,1-3H3,(H,22,25)/b19-14-. The van der Waals surface area contributed by atoms with Crippen LogP contribution in [0.5, 0.6) is 0 Å². The minimum absolute atomic E-state index is 0.160. The number of nitrogens with one attached hydrogen (secondary N) is 1. The van der Waals surface area contributed by atoms with E-state index < -0.39 is 0 Å². The fourth-order valence-electron chi connectivity index (χ4n) is 3.27. The van der Waals surface area contributed by atoms with E-state index in [1.165, 1.54) is 0 Å². The number of rotatable bonds is 8. The quantitative estimate of drug-likeness (QED) is 0.440. The Morgan fingerprint density at radius 3 is 2.73 bits per heavy atom. The predicted octanol–water partition coefficient (Wildman–Crippen LogP) is 2.26. The zero-order chi connectivity index (χ0) is 18.9. The summed E-state index contributed by atoms with van der Waals surface area (Å²) >= 11 is 0. The van der Waals surface area contributed by atoms with Gasteiger partial charge in [0.1, 0.15) is 11.6 Å². The smallest absolute Gasteiger partial charge is 0.261 e. The molecule has 1 aromatic rings. The van der Waals surface area contributed by atoms with Gasteiger partial charge in [-0.1, -0.05) is 6.92 Å². The van der Waals surface area contributed by atoms with Crippen LogP contribution in [0.1, 0.15) is 36.7 Å². The van der Waals surface area contributed by atoms with Crippen molar-refractivity contribution < 1.29 is 9.53 Å². The van der Waals surface area contributed by atoms with Crippen molar-refractivity contribution in [3.63, 3.8) is 0 Å². The van der Waals surface area contributed by atoms with Crippen LogP contribution in [0.3, 0.4) is 0 Å². The summed E-state index contributed by atoms with van der Waals surface area (Å²) in [5.74, 6) is -0.297. The number of morpholine rings is 1. The van der Waals surface area contributed by atoms with Crippen LogP contribution in [0.25, 0.3) is 6.08 Å². The second kappa shape index (κ2) is 10.1. The first kappa shape index (κ1) is 20.2. The second-order valence-electron chi connectivity index (χ2n) is 6.71. The lowest BCUT2D eigenvalue weighted by Gasteiger charge is -2.26. The number of carbonyl (C=O) groups is 1. The first-order chi connectivity index (χ1) is 12.6. The van der Waals surface area contributed by atoms with Gasteiger partial charge in [-0.3, -0.25) is 9.69 Å². The Kier molecular flexibility index (Phi) is 7.89. The summed E-state index contributed by atoms with van der Waals surface area (Å²) in [6.07, 6.45) is 3.62. The van der Waals surface area contributed by atoms with Crippen molar-refractivity contribution in [2.24, 2.45) is 0 Å². The summed E-state index contributed by atoms with van der Waals surface area (Å²) in [6.45, 7) is 12.1. The SMILES string of the molecule is CCCn1c(C)cc(/C=C(/C#N)C(=O)NCCCN2CCOCC2)c1C. The highest BCUT2D eigenvalue weighted by Gasteiger charge is 2.13. The van der Waals surface area contributed by atoms with Gasteiger partial charge >= 0.3 is 0 Å². The largest absolute Gasteiger partial charge is 0.379 e. The van der Waals surface area contributed by atoms with Crippen LogP contribution >= 0.6 is 0 Å². The second-order valence-corrected chi connectivity index (χ2v) is 6.71. The molecule has 142 valence electrons. The highest BCUT2D eigenvalue weighted by Crippen LogP contribution is 2.18. The minimum atomic E-state index is -0.297. The lowest BCUT2D eigenvalue weighted by Crippen LogP contribution is -2.38.